The van der Waals surface area contributed by atoms with Crippen molar-refractivity contribution in [2.75, 3.05) is 26.3 Å². The van der Waals surface area contributed by atoms with Gasteiger partial charge in [0.05, 0.1) is 19.2 Å². The number of carbonyl (C=O) groups excluding carboxylic acids is 4. The summed E-state index contributed by atoms with van der Waals surface area (Å²) in [5.41, 5.74) is 7.17. The number of amides is 3. The lowest BCUT2D eigenvalue weighted by atomic mass is 10.1. The number of benzene rings is 1. The first-order valence-corrected chi connectivity index (χ1v) is 16.8. The fourth-order valence-electron chi connectivity index (χ4n) is 6.61. The highest BCUT2D eigenvalue weighted by Crippen LogP contribution is 2.46. The third-order valence-corrected chi connectivity index (χ3v) is 9.27. The zero-order chi connectivity index (χ0) is 32.8. The van der Waals surface area contributed by atoms with Crippen molar-refractivity contribution in [3.63, 3.8) is 0 Å². The molecule has 46 heavy (non-hydrogen) atoms. The van der Waals surface area contributed by atoms with Crippen LogP contribution in [-0.4, -0.2) is 89.7 Å². The Bertz CT molecular complexity index is 1320. The molecule has 1 saturated carbocycles. The van der Waals surface area contributed by atoms with Gasteiger partial charge in [-0.25, -0.2) is 9.59 Å². The molecule has 0 spiro atoms. The van der Waals surface area contributed by atoms with E-state index in [4.69, 9.17) is 19.9 Å². The number of hydrogen-bond acceptors (Lipinski definition) is 9. The second-order valence-corrected chi connectivity index (χ2v) is 13.2. The van der Waals surface area contributed by atoms with Crippen LogP contribution in [0, 0.1) is 5.92 Å². The van der Waals surface area contributed by atoms with Crippen molar-refractivity contribution in [1.29, 1.82) is 0 Å². The fraction of sp³-hybridized carbons (Fsp3) is 0.647. The topological polar surface area (TPSA) is 153 Å². The molecule has 4 aliphatic rings. The predicted octanol–water partition coefficient (Wildman–Crippen LogP) is 2.77. The highest BCUT2D eigenvalue weighted by molar-refractivity contribution is 5.96. The first-order chi connectivity index (χ1) is 22.1. The Morgan fingerprint density at radius 2 is 1.96 bits per heavy atom. The van der Waals surface area contributed by atoms with E-state index in [0.717, 1.165) is 49.1 Å². The van der Waals surface area contributed by atoms with Gasteiger partial charge in [0, 0.05) is 38.0 Å². The molecule has 0 aromatic heterocycles. The lowest BCUT2D eigenvalue weighted by Gasteiger charge is -2.28. The molecule has 3 amide bonds. The van der Waals surface area contributed by atoms with Crippen molar-refractivity contribution in [2.45, 2.75) is 109 Å². The molecule has 0 bridgehead atoms. The molecular weight excluding hydrogens is 590 g/mol. The van der Waals surface area contributed by atoms with Crippen LogP contribution in [0.3, 0.4) is 0 Å². The lowest BCUT2D eigenvalue weighted by Crippen LogP contribution is -2.55. The molecule has 0 radical (unpaired) electrons. The summed E-state index contributed by atoms with van der Waals surface area (Å²) < 4.78 is 17.1. The van der Waals surface area contributed by atoms with Crippen molar-refractivity contribution >= 4 is 23.9 Å². The molecule has 12 nitrogen and oxygen atoms in total. The Morgan fingerprint density at radius 1 is 1.15 bits per heavy atom. The number of nitrogens with two attached hydrogens (primary N) is 1. The third-order valence-electron chi connectivity index (χ3n) is 9.27. The van der Waals surface area contributed by atoms with Crippen LogP contribution in [0.2, 0.25) is 0 Å². The first kappa shape index (κ1) is 33.7. The van der Waals surface area contributed by atoms with Crippen molar-refractivity contribution in [1.82, 2.24) is 20.4 Å². The van der Waals surface area contributed by atoms with Crippen molar-refractivity contribution < 1.29 is 33.4 Å². The summed E-state index contributed by atoms with van der Waals surface area (Å²) in [6.07, 6.45) is 7.36. The maximum Gasteiger partial charge on any atom is 0.410 e. The molecule has 1 saturated heterocycles. The summed E-state index contributed by atoms with van der Waals surface area (Å²) >= 11 is 0. The number of carbonyl (C=O) groups is 4. The van der Waals surface area contributed by atoms with Crippen LogP contribution in [0.25, 0.3) is 0 Å². The number of esters is 1. The summed E-state index contributed by atoms with van der Waals surface area (Å²) in [6, 6.07) is 4.50. The van der Waals surface area contributed by atoms with Crippen molar-refractivity contribution in [3.05, 3.63) is 41.5 Å². The molecule has 1 aromatic carbocycles. The molecule has 12 heteroatoms. The van der Waals surface area contributed by atoms with Crippen LogP contribution in [0.5, 0.6) is 5.75 Å². The van der Waals surface area contributed by atoms with Crippen LogP contribution in [0.1, 0.15) is 76.8 Å². The molecule has 4 N–H and O–H groups in total. The summed E-state index contributed by atoms with van der Waals surface area (Å²) in [5, 5.41) is 6.25. The van der Waals surface area contributed by atoms with Crippen molar-refractivity contribution in [3.8, 4) is 5.75 Å². The van der Waals surface area contributed by atoms with Gasteiger partial charge in [0.1, 0.15) is 30.0 Å². The molecule has 1 aliphatic carbocycles. The van der Waals surface area contributed by atoms with E-state index >= 15 is 0 Å². The van der Waals surface area contributed by atoms with Crippen LogP contribution < -0.4 is 21.1 Å². The van der Waals surface area contributed by atoms with E-state index in [0.29, 0.717) is 38.6 Å². The zero-order valence-corrected chi connectivity index (χ0v) is 27.3. The van der Waals surface area contributed by atoms with E-state index in [9.17, 15) is 19.2 Å². The minimum atomic E-state index is -1.16. The second kappa shape index (κ2) is 14.8. The number of fused-ring (bicyclic) bond motifs is 3. The van der Waals surface area contributed by atoms with Crippen molar-refractivity contribution in [2.24, 2.45) is 11.7 Å². The van der Waals surface area contributed by atoms with Crippen LogP contribution in [0.4, 0.5) is 4.79 Å². The van der Waals surface area contributed by atoms with E-state index in [2.05, 4.69) is 30.6 Å². The largest absolute Gasteiger partial charge is 0.492 e. The smallest absolute Gasteiger partial charge is 0.410 e. The van der Waals surface area contributed by atoms with Gasteiger partial charge >= 0.3 is 12.1 Å². The van der Waals surface area contributed by atoms with Gasteiger partial charge in [0.15, 0.2) is 0 Å². The number of allylic oxidation sites excluding steroid dienone is 1. The predicted molar refractivity (Wildman–Crippen MR) is 171 cm³/mol. The number of nitrogens with one attached hydrogen (secondary N) is 2. The Morgan fingerprint density at radius 3 is 2.74 bits per heavy atom. The maximum absolute atomic E-state index is 13.8. The van der Waals surface area contributed by atoms with Crippen LogP contribution >= 0.6 is 0 Å². The third kappa shape index (κ3) is 7.83. The Hall–Kier alpha value is -3.64. The molecule has 1 aromatic rings. The fourth-order valence-corrected chi connectivity index (χ4v) is 6.61. The first-order valence-electron chi connectivity index (χ1n) is 16.8. The number of ether oxygens (including phenoxy) is 3. The molecule has 3 heterocycles. The summed E-state index contributed by atoms with van der Waals surface area (Å²) in [4.78, 5) is 56.8. The highest BCUT2D eigenvalue weighted by atomic mass is 16.6. The van der Waals surface area contributed by atoms with Crippen LogP contribution in [0.15, 0.2) is 30.4 Å². The molecular formula is C34H49N5O7. The van der Waals surface area contributed by atoms with E-state index in [1.54, 1.807) is 11.8 Å². The van der Waals surface area contributed by atoms with E-state index in [-0.39, 0.29) is 31.4 Å². The standard InChI is InChI=1S/C34H49N5O7/c1-4-44-32(42)34-18-25(34)10-8-6-5-7-9-11-28(35)31(41)39-21-27(17-29(39)30(40)37-34)46-33(43)38-19-23-12-13-26(16-24(23)20-38)45-15-14-36-22(2)3/h8,10,12-13,16,22,25,27-29,36H,4-7,9,11,14-15,17-21,35H2,1-3H3,(H,37,40)/b10-8-/t25-,27-,28+,29+,34-/m1/s1. The van der Waals surface area contributed by atoms with E-state index in [1.807, 2.05) is 24.3 Å². The molecule has 252 valence electrons. The minimum absolute atomic E-state index is 0.0509. The minimum Gasteiger partial charge on any atom is -0.492 e. The number of hydrogen-bond donors (Lipinski definition) is 3. The molecule has 3 aliphatic heterocycles. The highest BCUT2D eigenvalue weighted by Gasteiger charge is 2.62. The molecule has 5 rings (SSSR count). The molecule has 5 atom stereocenters. The average molecular weight is 640 g/mol. The van der Waals surface area contributed by atoms with Gasteiger partial charge in [-0.1, -0.05) is 44.9 Å². The number of nitrogens with zero attached hydrogens (tertiary/aromatic N) is 2. The summed E-state index contributed by atoms with van der Waals surface area (Å²) in [7, 11) is 0. The Labute approximate surface area is 271 Å². The summed E-state index contributed by atoms with van der Waals surface area (Å²) in [6.45, 7) is 8.18. The quantitative estimate of drug-likeness (QED) is 0.222. The van der Waals surface area contributed by atoms with E-state index < -0.39 is 41.7 Å². The van der Waals surface area contributed by atoms with E-state index in [1.165, 1.54) is 4.90 Å². The average Bonchev–Trinajstić information content (AvgIpc) is 3.33. The number of rotatable bonds is 8. The zero-order valence-electron chi connectivity index (χ0n) is 27.3. The van der Waals surface area contributed by atoms with Gasteiger partial charge in [-0.3, -0.25) is 14.5 Å². The normalized spacial score (nSPS) is 28.7. The Kier molecular flexibility index (Phi) is 10.9. The second-order valence-electron chi connectivity index (χ2n) is 13.2. The summed E-state index contributed by atoms with van der Waals surface area (Å²) in [5.74, 6) is -0.736. The maximum atomic E-state index is 13.8. The Balaban J connectivity index is 1.25. The van der Waals surface area contributed by atoms with Gasteiger partial charge in [-0.2, -0.15) is 0 Å². The van der Waals surface area contributed by atoms with Gasteiger partial charge in [0.25, 0.3) is 0 Å². The van der Waals surface area contributed by atoms with Crippen LogP contribution in [-0.2, 0) is 36.9 Å². The van der Waals surface area contributed by atoms with Gasteiger partial charge in [-0.05, 0) is 55.9 Å². The van der Waals surface area contributed by atoms with Gasteiger partial charge in [-0.15, -0.1) is 0 Å². The SMILES string of the molecule is CCOC(=O)[C@@]12C[C@H]1/C=C\CCCCC[C@H](N)C(=O)N1C[C@H](OC(=O)N3Cc4ccc(OCCNC(C)C)cc4C3)C[C@H]1C(=O)N2. The molecule has 2 fully saturated rings. The lowest BCUT2D eigenvalue weighted by molar-refractivity contribution is -0.150. The van der Waals surface area contributed by atoms with Gasteiger partial charge in [0.2, 0.25) is 11.8 Å². The van der Waals surface area contributed by atoms with Gasteiger partial charge < -0.3 is 35.5 Å². The molecule has 0 unspecified atom stereocenters. The monoisotopic (exact) mass is 639 g/mol.